The van der Waals surface area contributed by atoms with Crippen LogP contribution in [0.3, 0.4) is 0 Å². The molecule has 3 nitrogen and oxygen atoms in total. The molecule has 2 aromatic carbocycles. The summed E-state index contributed by atoms with van der Waals surface area (Å²) in [5.41, 5.74) is 2.34. The largest absolute Gasteiger partial charge is 0.478 e. The second-order valence-corrected chi connectivity index (χ2v) is 4.78. The number of carboxylic acid groups (broad SMARTS) is 1. The van der Waals surface area contributed by atoms with E-state index in [2.05, 4.69) is 4.98 Å². The highest BCUT2D eigenvalue weighted by molar-refractivity contribution is 5.88. The van der Waals surface area contributed by atoms with Crippen LogP contribution in [-0.2, 0) is 6.42 Å². The van der Waals surface area contributed by atoms with Gasteiger partial charge in [0.1, 0.15) is 5.82 Å². The fourth-order valence-corrected chi connectivity index (χ4v) is 2.37. The minimum absolute atomic E-state index is 0.307. The van der Waals surface area contributed by atoms with Crippen LogP contribution in [-0.4, -0.2) is 16.1 Å². The average Bonchev–Trinajstić information content (AvgIpc) is 2.47. The number of benzene rings is 2. The van der Waals surface area contributed by atoms with Crippen LogP contribution in [0, 0.1) is 5.82 Å². The second kappa shape index (κ2) is 5.32. The lowest BCUT2D eigenvalue weighted by Crippen LogP contribution is -2.01. The SMILES string of the molecule is O=C(O)c1ccc(Cc2ccnc3ccccc23)cc1F. The summed E-state index contributed by atoms with van der Waals surface area (Å²) in [6, 6.07) is 13.9. The molecular weight excluding hydrogens is 269 g/mol. The van der Waals surface area contributed by atoms with E-state index in [1.54, 1.807) is 12.3 Å². The molecule has 0 aliphatic rings. The van der Waals surface area contributed by atoms with Gasteiger partial charge in [-0.2, -0.15) is 0 Å². The molecule has 0 atom stereocenters. The van der Waals surface area contributed by atoms with Gasteiger partial charge < -0.3 is 5.11 Å². The van der Waals surface area contributed by atoms with Crippen molar-refractivity contribution in [3.63, 3.8) is 0 Å². The minimum Gasteiger partial charge on any atom is -0.478 e. The molecule has 0 fully saturated rings. The summed E-state index contributed by atoms with van der Waals surface area (Å²) in [6.45, 7) is 0. The highest BCUT2D eigenvalue weighted by atomic mass is 19.1. The van der Waals surface area contributed by atoms with Crippen LogP contribution in [0.4, 0.5) is 4.39 Å². The predicted molar refractivity (Wildman–Crippen MR) is 77.9 cm³/mol. The summed E-state index contributed by atoms with van der Waals surface area (Å²) in [4.78, 5) is 15.1. The van der Waals surface area contributed by atoms with Crippen LogP contribution in [0.1, 0.15) is 21.5 Å². The number of carbonyl (C=O) groups is 1. The van der Waals surface area contributed by atoms with Gasteiger partial charge in [-0.3, -0.25) is 4.98 Å². The Labute approximate surface area is 120 Å². The second-order valence-electron chi connectivity index (χ2n) is 4.78. The van der Waals surface area contributed by atoms with Gasteiger partial charge in [0.05, 0.1) is 11.1 Å². The number of halogens is 1. The number of carboxylic acids is 1. The van der Waals surface area contributed by atoms with Gasteiger partial charge in [0.2, 0.25) is 0 Å². The Kier molecular flexibility index (Phi) is 3.36. The Balaban J connectivity index is 1.99. The van der Waals surface area contributed by atoms with Crippen LogP contribution in [0.15, 0.2) is 54.7 Å². The van der Waals surface area contributed by atoms with Crippen molar-refractivity contribution in [2.45, 2.75) is 6.42 Å². The van der Waals surface area contributed by atoms with E-state index in [9.17, 15) is 9.18 Å². The van der Waals surface area contributed by atoms with Crippen molar-refractivity contribution < 1.29 is 14.3 Å². The molecule has 0 unspecified atom stereocenters. The molecule has 0 saturated carbocycles. The van der Waals surface area contributed by atoms with Gasteiger partial charge in [0.25, 0.3) is 0 Å². The number of hydrogen-bond acceptors (Lipinski definition) is 2. The topological polar surface area (TPSA) is 50.2 Å². The van der Waals surface area contributed by atoms with E-state index in [4.69, 9.17) is 5.11 Å². The van der Waals surface area contributed by atoms with E-state index < -0.39 is 11.8 Å². The third kappa shape index (κ3) is 2.60. The quantitative estimate of drug-likeness (QED) is 0.797. The number of fused-ring (bicyclic) bond motifs is 1. The third-order valence-corrected chi connectivity index (χ3v) is 3.40. The molecule has 0 amide bonds. The van der Waals surface area contributed by atoms with Gasteiger partial charge in [-0.05, 0) is 41.8 Å². The fraction of sp³-hybridized carbons (Fsp3) is 0.0588. The maximum Gasteiger partial charge on any atom is 0.338 e. The van der Waals surface area contributed by atoms with Gasteiger partial charge >= 0.3 is 5.97 Å². The number of nitrogens with zero attached hydrogens (tertiary/aromatic N) is 1. The lowest BCUT2D eigenvalue weighted by molar-refractivity contribution is 0.0692. The van der Waals surface area contributed by atoms with Crippen molar-refractivity contribution in [1.29, 1.82) is 0 Å². The summed E-state index contributed by atoms with van der Waals surface area (Å²) in [6.07, 6.45) is 2.25. The zero-order valence-corrected chi connectivity index (χ0v) is 11.1. The maximum atomic E-state index is 13.7. The van der Waals surface area contributed by atoms with Gasteiger partial charge in [0.15, 0.2) is 0 Å². The molecule has 4 heteroatoms. The third-order valence-electron chi connectivity index (χ3n) is 3.40. The normalized spacial score (nSPS) is 10.7. The molecule has 3 aromatic rings. The van der Waals surface area contributed by atoms with Gasteiger partial charge in [-0.25, -0.2) is 9.18 Å². The van der Waals surface area contributed by atoms with Gasteiger partial charge in [0, 0.05) is 11.6 Å². The highest BCUT2D eigenvalue weighted by Crippen LogP contribution is 2.20. The van der Waals surface area contributed by atoms with Crippen molar-refractivity contribution in [3.05, 3.63) is 77.2 Å². The summed E-state index contributed by atoms with van der Waals surface area (Å²) < 4.78 is 13.7. The molecule has 21 heavy (non-hydrogen) atoms. The molecule has 0 spiro atoms. The summed E-state index contributed by atoms with van der Waals surface area (Å²) in [5, 5.41) is 9.86. The number of rotatable bonds is 3. The smallest absolute Gasteiger partial charge is 0.338 e. The first-order valence-electron chi connectivity index (χ1n) is 6.49. The Morgan fingerprint density at radius 1 is 1.14 bits per heavy atom. The van der Waals surface area contributed by atoms with Crippen LogP contribution in [0.2, 0.25) is 0 Å². The monoisotopic (exact) mass is 281 g/mol. The molecule has 0 aliphatic carbocycles. The summed E-state index contributed by atoms with van der Waals surface area (Å²) >= 11 is 0. The average molecular weight is 281 g/mol. The van der Waals surface area contributed by atoms with E-state index in [0.29, 0.717) is 6.42 Å². The zero-order valence-electron chi connectivity index (χ0n) is 11.1. The van der Waals surface area contributed by atoms with Crippen molar-refractivity contribution in [1.82, 2.24) is 4.98 Å². The predicted octanol–water partition coefficient (Wildman–Crippen LogP) is 3.66. The molecule has 3 rings (SSSR count). The Bertz CT molecular complexity index is 825. The van der Waals surface area contributed by atoms with Crippen LogP contribution >= 0.6 is 0 Å². The van der Waals surface area contributed by atoms with Crippen LogP contribution < -0.4 is 0 Å². The fourth-order valence-electron chi connectivity index (χ4n) is 2.37. The Morgan fingerprint density at radius 3 is 2.71 bits per heavy atom. The number of aromatic carboxylic acids is 1. The van der Waals surface area contributed by atoms with Gasteiger partial charge in [-0.1, -0.05) is 24.3 Å². The van der Waals surface area contributed by atoms with Crippen molar-refractivity contribution in [2.75, 3.05) is 0 Å². The molecule has 1 N–H and O–H groups in total. The molecule has 1 heterocycles. The molecule has 0 bridgehead atoms. The Hall–Kier alpha value is -2.75. The summed E-state index contributed by atoms with van der Waals surface area (Å²) in [5.74, 6) is -1.97. The molecular formula is C17H12FNO2. The minimum atomic E-state index is -1.26. The molecule has 104 valence electrons. The van der Waals surface area contributed by atoms with Crippen molar-refractivity contribution in [2.24, 2.45) is 0 Å². The van der Waals surface area contributed by atoms with Crippen molar-refractivity contribution in [3.8, 4) is 0 Å². The first-order valence-corrected chi connectivity index (χ1v) is 6.49. The standard InChI is InChI=1S/C17H12FNO2/c18-15-10-11(5-6-14(15)17(20)21)9-12-7-8-19-16-4-2-1-3-13(12)16/h1-8,10H,9H2,(H,20,21). The van der Waals surface area contributed by atoms with Crippen molar-refractivity contribution >= 4 is 16.9 Å². The molecule has 0 aliphatic heterocycles. The molecule has 0 radical (unpaired) electrons. The lowest BCUT2D eigenvalue weighted by atomic mass is 10.00. The number of pyridine rings is 1. The Morgan fingerprint density at radius 2 is 1.95 bits per heavy atom. The van der Waals surface area contributed by atoms with E-state index >= 15 is 0 Å². The number of aromatic nitrogens is 1. The van der Waals surface area contributed by atoms with E-state index in [1.165, 1.54) is 12.1 Å². The molecule has 0 saturated heterocycles. The first kappa shape index (κ1) is 13.2. The zero-order chi connectivity index (χ0) is 14.8. The van der Waals surface area contributed by atoms with Gasteiger partial charge in [-0.15, -0.1) is 0 Å². The first-order chi connectivity index (χ1) is 10.1. The molecule has 1 aromatic heterocycles. The van der Waals surface area contributed by atoms with E-state index in [-0.39, 0.29) is 5.56 Å². The van der Waals surface area contributed by atoms with E-state index in [0.717, 1.165) is 22.0 Å². The number of hydrogen-bond donors (Lipinski definition) is 1. The summed E-state index contributed by atoms with van der Waals surface area (Å²) in [7, 11) is 0. The van der Waals surface area contributed by atoms with Crippen LogP contribution in [0.5, 0.6) is 0 Å². The van der Waals surface area contributed by atoms with Crippen LogP contribution in [0.25, 0.3) is 10.9 Å². The highest BCUT2D eigenvalue weighted by Gasteiger charge is 2.11. The number of para-hydroxylation sites is 1. The lowest BCUT2D eigenvalue weighted by Gasteiger charge is -2.07. The van der Waals surface area contributed by atoms with E-state index in [1.807, 2.05) is 30.3 Å². The maximum absolute atomic E-state index is 13.7.